The Balaban J connectivity index is 1.66. The molecule has 0 saturated heterocycles. The highest BCUT2D eigenvalue weighted by atomic mass is 16.5. The number of nitrogens with zero attached hydrogens (tertiary/aromatic N) is 4. The highest BCUT2D eigenvalue weighted by Gasteiger charge is 2.25. The van der Waals surface area contributed by atoms with Crippen molar-refractivity contribution in [2.75, 3.05) is 7.11 Å². The van der Waals surface area contributed by atoms with Crippen LogP contribution in [0.5, 0.6) is 5.75 Å². The summed E-state index contributed by atoms with van der Waals surface area (Å²) in [4.78, 5) is 26.5. The summed E-state index contributed by atoms with van der Waals surface area (Å²) in [6, 6.07) is 16.4. The van der Waals surface area contributed by atoms with E-state index in [2.05, 4.69) is 15.5 Å². The number of nitrogens with one attached hydrogen (secondary N) is 1. The van der Waals surface area contributed by atoms with Gasteiger partial charge in [-0.3, -0.25) is 9.59 Å². The maximum Gasteiger partial charge on any atom is 0.278 e. The van der Waals surface area contributed by atoms with Crippen LogP contribution in [0.2, 0.25) is 0 Å². The lowest BCUT2D eigenvalue weighted by Crippen LogP contribution is -2.38. The minimum atomic E-state index is -0.724. The number of rotatable bonds is 7. The molecule has 0 saturated carbocycles. The van der Waals surface area contributed by atoms with Crippen LogP contribution in [0.3, 0.4) is 0 Å². The van der Waals surface area contributed by atoms with E-state index in [-0.39, 0.29) is 11.5 Å². The van der Waals surface area contributed by atoms with Gasteiger partial charge in [0.25, 0.3) is 5.56 Å². The molecule has 2 aromatic carbocycles. The van der Waals surface area contributed by atoms with Crippen molar-refractivity contribution < 1.29 is 9.53 Å². The largest absolute Gasteiger partial charge is 0.497 e. The Kier molecular flexibility index (Phi) is 6.26. The zero-order chi connectivity index (χ0) is 23.5. The molecule has 0 fully saturated rings. The summed E-state index contributed by atoms with van der Waals surface area (Å²) in [7, 11) is 1.61. The zero-order valence-electron chi connectivity index (χ0n) is 19.2. The van der Waals surface area contributed by atoms with Gasteiger partial charge in [-0.05, 0) is 50.1 Å². The Hall–Kier alpha value is -3.94. The Morgan fingerprint density at radius 1 is 1.06 bits per heavy atom. The second-order valence-electron chi connectivity index (χ2n) is 7.88. The van der Waals surface area contributed by atoms with Gasteiger partial charge in [-0.25, -0.2) is 9.36 Å². The molecule has 1 N–H and O–H groups in total. The van der Waals surface area contributed by atoms with E-state index in [4.69, 9.17) is 4.74 Å². The average molecular weight is 446 g/mol. The molecule has 33 heavy (non-hydrogen) atoms. The first-order valence-electron chi connectivity index (χ1n) is 10.9. The molecule has 1 amide bonds. The molecule has 2 aromatic heterocycles. The van der Waals surface area contributed by atoms with Gasteiger partial charge in [0.15, 0.2) is 0 Å². The molecule has 0 aliphatic heterocycles. The molecule has 1 atom stereocenters. The van der Waals surface area contributed by atoms with Crippen LogP contribution in [0.4, 0.5) is 0 Å². The second kappa shape index (κ2) is 9.28. The quantitative estimate of drug-likeness (QED) is 0.470. The Morgan fingerprint density at radius 2 is 1.76 bits per heavy atom. The van der Waals surface area contributed by atoms with Crippen molar-refractivity contribution in [3.63, 3.8) is 0 Å². The van der Waals surface area contributed by atoms with E-state index in [0.717, 1.165) is 17.0 Å². The van der Waals surface area contributed by atoms with Crippen LogP contribution >= 0.6 is 0 Å². The smallest absolute Gasteiger partial charge is 0.278 e. The fourth-order valence-corrected chi connectivity index (χ4v) is 3.93. The van der Waals surface area contributed by atoms with Crippen molar-refractivity contribution >= 4 is 16.8 Å². The van der Waals surface area contributed by atoms with Gasteiger partial charge in [0, 0.05) is 6.54 Å². The van der Waals surface area contributed by atoms with Crippen molar-refractivity contribution in [3.8, 4) is 11.4 Å². The van der Waals surface area contributed by atoms with Crippen LogP contribution in [0.25, 0.3) is 16.6 Å². The molecule has 8 nitrogen and oxygen atoms in total. The van der Waals surface area contributed by atoms with Crippen molar-refractivity contribution in [1.29, 1.82) is 0 Å². The Labute approximate surface area is 191 Å². The van der Waals surface area contributed by atoms with Crippen molar-refractivity contribution in [3.05, 3.63) is 81.9 Å². The number of benzene rings is 2. The SMILES string of the molecule is CCC(C(=O)NCc1ccc(OC)cc1)n1nc(C)c2nn(-c3ccccc3)c(C)c2c1=O. The van der Waals surface area contributed by atoms with Gasteiger partial charge in [0.2, 0.25) is 5.91 Å². The van der Waals surface area contributed by atoms with Crippen molar-refractivity contribution in [2.45, 2.75) is 39.8 Å². The summed E-state index contributed by atoms with van der Waals surface area (Å²) in [5, 5.41) is 12.5. The number of carbonyl (C=O) groups is 1. The number of hydrogen-bond donors (Lipinski definition) is 1. The molecule has 0 radical (unpaired) electrons. The predicted molar refractivity (Wildman–Crippen MR) is 127 cm³/mol. The van der Waals surface area contributed by atoms with Gasteiger partial charge in [0.1, 0.15) is 17.3 Å². The molecule has 4 aromatic rings. The first-order chi connectivity index (χ1) is 15.9. The van der Waals surface area contributed by atoms with Crippen LogP contribution in [0, 0.1) is 13.8 Å². The lowest BCUT2D eigenvalue weighted by molar-refractivity contribution is -0.125. The number of hydrogen-bond acceptors (Lipinski definition) is 5. The van der Waals surface area contributed by atoms with E-state index in [1.807, 2.05) is 75.4 Å². The van der Waals surface area contributed by atoms with E-state index in [0.29, 0.717) is 35.3 Å². The first-order valence-corrected chi connectivity index (χ1v) is 10.9. The Bertz CT molecular complexity index is 1340. The summed E-state index contributed by atoms with van der Waals surface area (Å²) in [6.07, 6.45) is 0.429. The average Bonchev–Trinajstić information content (AvgIpc) is 3.20. The number of ether oxygens (including phenoxy) is 1. The van der Waals surface area contributed by atoms with Gasteiger partial charge in [0.05, 0.1) is 29.6 Å². The van der Waals surface area contributed by atoms with E-state index in [9.17, 15) is 9.59 Å². The van der Waals surface area contributed by atoms with Crippen LogP contribution < -0.4 is 15.6 Å². The summed E-state index contributed by atoms with van der Waals surface area (Å²) in [5.74, 6) is 0.497. The monoisotopic (exact) mass is 445 g/mol. The fraction of sp³-hybridized carbons (Fsp3) is 0.280. The first kappa shape index (κ1) is 22.3. The summed E-state index contributed by atoms with van der Waals surface area (Å²) in [5.41, 5.74) is 3.34. The number of carbonyl (C=O) groups excluding carboxylic acids is 1. The number of para-hydroxylation sites is 1. The molecule has 0 aliphatic carbocycles. The maximum atomic E-state index is 13.4. The molecule has 0 spiro atoms. The van der Waals surface area contributed by atoms with Crippen LogP contribution in [0.15, 0.2) is 59.4 Å². The number of amides is 1. The normalized spacial score (nSPS) is 12.0. The number of fused-ring (bicyclic) bond motifs is 1. The van der Waals surface area contributed by atoms with Crippen LogP contribution in [0.1, 0.15) is 36.3 Å². The van der Waals surface area contributed by atoms with Gasteiger partial charge < -0.3 is 10.1 Å². The molecule has 2 heterocycles. The van der Waals surface area contributed by atoms with Crippen LogP contribution in [-0.2, 0) is 11.3 Å². The predicted octanol–water partition coefficient (Wildman–Crippen LogP) is 3.48. The third kappa shape index (κ3) is 4.24. The fourth-order valence-electron chi connectivity index (χ4n) is 3.93. The van der Waals surface area contributed by atoms with Gasteiger partial charge in [-0.2, -0.15) is 10.2 Å². The van der Waals surface area contributed by atoms with E-state index < -0.39 is 6.04 Å². The number of aryl methyl sites for hydroxylation is 2. The lowest BCUT2D eigenvalue weighted by Gasteiger charge is -2.17. The summed E-state index contributed by atoms with van der Waals surface area (Å²) < 4.78 is 8.21. The summed E-state index contributed by atoms with van der Waals surface area (Å²) in [6.45, 7) is 5.88. The minimum Gasteiger partial charge on any atom is -0.497 e. The lowest BCUT2D eigenvalue weighted by atomic mass is 10.1. The van der Waals surface area contributed by atoms with Gasteiger partial charge in [-0.15, -0.1) is 0 Å². The van der Waals surface area contributed by atoms with Crippen LogP contribution in [-0.4, -0.2) is 32.6 Å². The third-order valence-corrected chi connectivity index (χ3v) is 5.75. The standard InChI is InChI=1S/C25H27N5O3/c1-5-21(24(31)26-15-18-11-13-20(33-4)14-12-18)30-25(32)22-17(3)29(19-9-7-6-8-10-19)28-23(22)16(2)27-30/h6-14,21H,5,15H2,1-4H3,(H,26,31). The number of methoxy groups -OCH3 is 1. The highest BCUT2D eigenvalue weighted by molar-refractivity contribution is 5.84. The minimum absolute atomic E-state index is 0.255. The topological polar surface area (TPSA) is 91.0 Å². The molecule has 1 unspecified atom stereocenters. The second-order valence-corrected chi connectivity index (χ2v) is 7.88. The molecule has 170 valence electrons. The maximum absolute atomic E-state index is 13.4. The third-order valence-electron chi connectivity index (χ3n) is 5.75. The molecule has 4 rings (SSSR count). The van der Waals surface area contributed by atoms with E-state index >= 15 is 0 Å². The summed E-state index contributed by atoms with van der Waals surface area (Å²) >= 11 is 0. The van der Waals surface area contributed by atoms with E-state index in [1.54, 1.807) is 11.8 Å². The molecular weight excluding hydrogens is 418 g/mol. The van der Waals surface area contributed by atoms with Gasteiger partial charge >= 0.3 is 0 Å². The molecule has 0 bridgehead atoms. The Morgan fingerprint density at radius 3 is 2.39 bits per heavy atom. The molecular formula is C25H27N5O3. The molecule has 8 heteroatoms. The van der Waals surface area contributed by atoms with E-state index in [1.165, 1.54) is 4.68 Å². The highest BCUT2D eigenvalue weighted by Crippen LogP contribution is 2.21. The van der Waals surface area contributed by atoms with Gasteiger partial charge in [-0.1, -0.05) is 37.3 Å². The van der Waals surface area contributed by atoms with Crippen molar-refractivity contribution in [2.24, 2.45) is 0 Å². The van der Waals surface area contributed by atoms with Crippen molar-refractivity contribution in [1.82, 2.24) is 24.9 Å². The number of aromatic nitrogens is 4. The molecule has 0 aliphatic rings. The zero-order valence-corrected chi connectivity index (χ0v) is 19.2.